The highest BCUT2D eigenvalue weighted by molar-refractivity contribution is 9.10. The van der Waals surface area contributed by atoms with Gasteiger partial charge in [-0.3, -0.25) is 9.36 Å². The maximum absolute atomic E-state index is 13.2. The predicted octanol–water partition coefficient (Wildman–Crippen LogP) is 5.97. The van der Waals surface area contributed by atoms with Gasteiger partial charge in [-0.2, -0.15) is 0 Å². The van der Waals surface area contributed by atoms with Gasteiger partial charge in [-0.05, 0) is 60.2 Å². The molecule has 5 heteroatoms. The Balaban J connectivity index is 1.92. The number of fused-ring (bicyclic) bond motifs is 1. The van der Waals surface area contributed by atoms with E-state index in [-0.39, 0.29) is 5.56 Å². The molecule has 0 spiro atoms. The van der Waals surface area contributed by atoms with Crippen molar-refractivity contribution in [2.45, 2.75) is 0 Å². The molecule has 27 heavy (non-hydrogen) atoms. The van der Waals surface area contributed by atoms with Crippen molar-refractivity contribution in [2.75, 3.05) is 0 Å². The minimum Gasteiger partial charge on any atom is -0.268 e. The van der Waals surface area contributed by atoms with Crippen molar-refractivity contribution < 1.29 is 0 Å². The van der Waals surface area contributed by atoms with Crippen molar-refractivity contribution >= 4 is 50.6 Å². The molecule has 0 aliphatic carbocycles. The first-order valence-electron chi connectivity index (χ1n) is 8.33. The highest BCUT2D eigenvalue weighted by Gasteiger charge is 2.10. The van der Waals surface area contributed by atoms with E-state index in [0.717, 1.165) is 15.7 Å². The topological polar surface area (TPSA) is 34.9 Å². The van der Waals surface area contributed by atoms with E-state index in [1.54, 1.807) is 10.6 Å². The molecular weight excluding hydrogens is 424 g/mol. The molecule has 4 rings (SSSR count). The Morgan fingerprint density at radius 2 is 1.59 bits per heavy atom. The van der Waals surface area contributed by atoms with Crippen LogP contribution in [0.3, 0.4) is 0 Å². The highest BCUT2D eigenvalue weighted by atomic mass is 79.9. The van der Waals surface area contributed by atoms with Crippen molar-refractivity contribution in [3.8, 4) is 5.69 Å². The van der Waals surface area contributed by atoms with Crippen LogP contribution in [0.4, 0.5) is 0 Å². The molecule has 0 saturated heterocycles. The number of aromatic nitrogens is 2. The molecule has 0 saturated carbocycles. The van der Waals surface area contributed by atoms with Gasteiger partial charge in [0.1, 0.15) is 5.82 Å². The average molecular weight is 438 g/mol. The SMILES string of the molecule is O=c1c2ccccc2nc(/C=C/c2ccc(Cl)cc2)n1-c1ccc(Br)cc1. The number of rotatable bonds is 3. The normalized spacial score (nSPS) is 11.3. The van der Waals surface area contributed by atoms with Crippen LogP contribution >= 0.6 is 27.5 Å². The molecule has 0 radical (unpaired) electrons. The Morgan fingerprint density at radius 3 is 2.33 bits per heavy atom. The van der Waals surface area contributed by atoms with Crippen molar-refractivity contribution in [1.29, 1.82) is 0 Å². The lowest BCUT2D eigenvalue weighted by Gasteiger charge is -2.11. The van der Waals surface area contributed by atoms with Gasteiger partial charge in [-0.1, -0.05) is 57.9 Å². The fourth-order valence-corrected chi connectivity index (χ4v) is 3.24. The standard InChI is InChI=1S/C22H14BrClN2O/c23-16-8-12-18(13-9-16)26-21(14-7-15-5-10-17(24)11-6-15)25-20-4-2-1-3-19(20)22(26)27/h1-14H/b14-7+. The summed E-state index contributed by atoms with van der Waals surface area (Å²) in [5.74, 6) is 0.566. The van der Waals surface area contributed by atoms with Gasteiger partial charge in [0.25, 0.3) is 5.56 Å². The molecule has 3 aromatic carbocycles. The first-order chi connectivity index (χ1) is 13.1. The molecule has 0 N–H and O–H groups in total. The summed E-state index contributed by atoms with van der Waals surface area (Å²) >= 11 is 9.38. The number of nitrogens with zero attached hydrogens (tertiary/aromatic N) is 2. The molecule has 0 aliphatic rings. The summed E-state index contributed by atoms with van der Waals surface area (Å²) < 4.78 is 2.58. The zero-order valence-corrected chi connectivity index (χ0v) is 16.5. The van der Waals surface area contributed by atoms with Crippen molar-refractivity contribution in [2.24, 2.45) is 0 Å². The summed E-state index contributed by atoms with van der Waals surface area (Å²) in [5.41, 5.74) is 2.31. The minimum absolute atomic E-state index is 0.0984. The van der Waals surface area contributed by atoms with Gasteiger partial charge < -0.3 is 0 Å². The first kappa shape index (κ1) is 17.7. The van der Waals surface area contributed by atoms with Crippen LogP contribution in [0.2, 0.25) is 5.02 Å². The lowest BCUT2D eigenvalue weighted by atomic mass is 10.2. The predicted molar refractivity (Wildman–Crippen MR) is 115 cm³/mol. The molecule has 132 valence electrons. The van der Waals surface area contributed by atoms with E-state index in [2.05, 4.69) is 15.9 Å². The molecule has 0 unspecified atom stereocenters. The number of para-hydroxylation sites is 1. The lowest BCUT2D eigenvalue weighted by Crippen LogP contribution is -2.22. The largest absolute Gasteiger partial charge is 0.268 e. The van der Waals surface area contributed by atoms with Crippen LogP contribution in [0.25, 0.3) is 28.7 Å². The summed E-state index contributed by atoms with van der Waals surface area (Å²) in [4.78, 5) is 17.9. The summed E-state index contributed by atoms with van der Waals surface area (Å²) in [6, 6.07) is 22.5. The van der Waals surface area contributed by atoms with E-state index in [1.165, 1.54) is 0 Å². The van der Waals surface area contributed by atoms with Crippen LogP contribution in [0.15, 0.2) is 82.1 Å². The summed E-state index contributed by atoms with van der Waals surface area (Å²) in [6.07, 6.45) is 3.77. The van der Waals surface area contributed by atoms with E-state index in [9.17, 15) is 4.79 Å². The third kappa shape index (κ3) is 3.72. The molecule has 3 nitrogen and oxygen atoms in total. The number of halogens is 2. The molecule has 0 bridgehead atoms. The van der Waals surface area contributed by atoms with Crippen LogP contribution in [-0.2, 0) is 0 Å². The van der Waals surface area contributed by atoms with Gasteiger partial charge in [-0.25, -0.2) is 4.98 Å². The minimum atomic E-state index is -0.0984. The Labute approximate surface area is 169 Å². The summed E-state index contributed by atoms with van der Waals surface area (Å²) in [7, 11) is 0. The van der Waals surface area contributed by atoms with Gasteiger partial charge >= 0.3 is 0 Å². The number of hydrogen-bond donors (Lipinski definition) is 0. The molecule has 0 fully saturated rings. The van der Waals surface area contributed by atoms with Gasteiger partial charge in [0.05, 0.1) is 16.6 Å². The Kier molecular flexibility index (Phi) is 4.92. The smallest absolute Gasteiger partial charge is 0.266 e. The van der Waals surface area contributed by atoms with E-state index >= 15 is 0 Å². The van der Waals surface area contributed by atoms with Gasteiger partial charge in [0, 0.05) is 9.50 Å². The fourth-order valence-electron chi connectivity index (χ4n) is 2.85. The molecule has 0 aliphatic heterocycles. The second-order valence-corrected chi connectivity index (χ2v) is 7.34. The van der Waals surface area contributed by atoms with Crippen molar-refractivity contribution in [3.63, 3.8) is 0 Å². The van der Waals surface area contributed by atoms with Gasteiger partial charge in [0.15, 0.2) is 0 Å². The van der Waals surface area contributed by atoms with Crippen molar-refractivity contribution in [3.05, 3.63) is 104 Å². The fraction of sp³-hybridized carbons (Fsp3) is 0. The average Bonchev–Trinajstić information content (AvgIpc) is 2.69. The van der Waals surface area contributed by atoms with Crippen LogP contribution in [0, 0.1) is 0 Å². The molecule has 1 aromatic heterocycles. The Hall–Kier alpha value is -2.69. The van der Waals surface area contributed by atoms with Crippen LogP contribution < -0.4 is 5.56 Å². The first-order valence-corrected chi connectivity index (χ1v) is 9.50. The molecule has 0 amide bonds. The van der Waals surface area contributed by atoms with E-state index in [4.69, 9.17) is 16.6 Å². The number of hydrogen-bond acceptors (Lipinski definition) is 2. The molecular formula is C22H14BrClN2O. The second kappa shape index (κ2) is 7.51. The lowest BCUT2D eigenvalue weighted by molar-refractivity contribution is 0.943. The highest BCUT2D eigenvalue weighted by Crippen LogP contribution is 2.18. The monoisotopic (exact) mass is 436 g/mol. The molecule has 4 aromatic rings. The third-order valence-electron chi connectivity index (χ3n) is 4.18. The van der Waals surface area contributed by atoms with Crippen LogP contribution in [0.5, 0.6) is 0 Å². The van der Waals surface area contributed by atoms with Crippen LogP contribution in [-0.4, -0.2) is 9.55 Å². The van der Waals surface area contributed by atoms with Gasteiger partial charge in [0.2, 0.25) is 0 Å². The Bertz CT molecular complexity index is 1200. The summed E-state index contributed by atoms with van der Waals surface area (Å²) in [6.45, 7) is 0. The van der Waals surface area contributed by atoms with E-state index in [1.807, 2.05) is 78.9 Å². The number of benzene rings is 3. The summed E-state index contributed by atoms with van der Waals surface area (Å²) in [5, 5.41) is 1.27. The zero-order chi connectivity index (χ0) is 18.8. The zero-order valence-electron chi connectivity index (χ0n) is 14.1. The quantitative estimate of drug-likeness (QED) is 0.396. The molecule has 0 atom stereocenters. The second-order valence-electron chi connectivity index (χ2n) is 5.99. The van der Waals surface area contributed by atoms with Gasteiger partial charge in [-0.15, -0.1) is 0 Å². The Morgan fingerprint density at radius 1 is 0.889 bits per heavy atom. The van der Waals surface area contributed by atoms with Crippen LogP contribution in [0.1, 0.15) is 11.4 Å². The third-order valence-corrected chi connectivity index (χ3v) is 4.96. The van der Waals surface area contributed by atoms with E-state index in [0.29, 0.717) is 21.7 Å². The van der Waals surface area contributed by atoms with E-state index < -0.39 is 0 Å². The maximum atomic E-state index is 13.2. The molecule has 1 heterocycles. The maximum Gasteiger partial charge on any atom is 0.266 e. The van der Waals surface area contributed by atoms with Crippen molar-refractivity contribution in [1.82, 2.24) is 9.55 Å².